The van der Waals surface area contributed by atoms with Crippen LogP contribution in [0.1, 0.15) is 22.3 Å². The first-order valence-corrected chi connectivity index (χ1v) is 6.22. The molecule has 0 bridgehead atoms. The van der Waals surface area contributed by atoms with Crippen LogP contribution in [0.2, 0.25) is 0 Å². The van der Waals surface area contributed by atoms with Crippen molar-refractivity contribution >= 4 is 6.21 Å². The largest absolute Gasteiger partial charge is 0.296 e. The molecule has 2 aromatic rings. The number of nitrogens with zero attached hydrogens (tertiary/aromatic N) is 1. The zero-order valence-corrected chi connectivity index (χ0v) is 11.5. The zero-order valence-electron chi connectivity index (χ0n) is 11.5. The lowest BCUT2D eigenvalue weighted by Gasteiger charge is -2.08. The molecular weight excluding hydrogens is 218 g/mol. The van der Waals surface area contributed by atoms with Gasteiger partial charge in [0.25, 0.3) is 0 Å². The number of hydrogen-bond donors (Lipinski definition) is 0. The summed E-state index contributed by atoms with van der Waals surface area (Å²) >= 11 is 0. The lowest BCUT2D eigenvalue weighted by atomic mass is 9.97. The average molecular weight is 237 g/mol. The van der Waals surface area contributed by atoms with Gasteiger partial charge in [-0.3, -0.25) is 4.99 Å². The Kier molecular flexibility index (Phi) is 3.61. The Labute approximate surface area is 109 Å². The van der Waals surface area contributed by atoms with Crippen LogP contribution in [0.15, 0.2) is 41.4 Å². The fourth-order valence-electron chi connectivity index (χ4n) is 2.06. The topological polar surface area (TPSA) is 12.4 Å². The van der Waals surface area contributed by atoms with Gasteiger partial charge in [0.1, 0.15) is 0 Å². The fraction of sp³-hybridized carbons (Fsp3) is 0.235. The van der Waals surface area contributed by atoms with E-state index in [1.165, 1.54) is 33.4 Å². The van der Waals surface area contributed by atoms with Crippen LogP contribution in [0, 0.1) is 20.8 Å². The van der Waals surface area contributed by atoms with Gasteiger partial charge in [-0.05, 0) is 54.2 Å². The summed E-state index contributed by atoms with van der Waals surface area (Å²) in [4.78, 5) is 4.07. The van der Waals surface area contributed by atoms with Gasteiger partial charge in [-0.1, -0.05) is 36.4 Å². The minimum atomic E-state index is 1.19. The summed E-state index contributed by atoms with van der Waals surface area (Å²) in [6.45, 7) is 6.43. The van der Waals surface area contributed by atoms with Crippen LogP contribution in [-0.4, -0.2) is 13.3 Å². The van der Waals surface area contributed by atoms with E-state index in [4.69, 9.17) is 0 Å². The van der Waals surface area contributed by atoms with E-state index in [9.17, 15) is 0 Å². The standard InChI is InChI=1S/C17H19N/c1-12-5-6-15(9-13(12)2)16-7-8-17(11-18-4)14(3)10-16/h5-11H,1-4H3. The highest BCUT2D eigenvalue weighted by Crippen LogP contribution is 2.24. The molecule has 0 atom stereocenters. The Morgan fingerprint density at radius 2 is 1.39 bits per heavy atom. The van der Waals surface area contributed by atoms with Crippen molar-refractivity contribution in [1.82, 2.24) is 0 Å². The maximum atomic E-state index is 4.07. The molecule has 0 amide bonds. The van der Waals surface area contributed by atoms with E-state index in [0.717, 1.165) is 0 Å². The van der Waals surface area contributed by atoms with Crippen LogP contribution in [0.3, 0.4) is 0 Å². The lowest BCUT2D eigenvalue weighted by molar-refractivity contribution is 1.34. The second-order valence-corrected chi connectivity index (χ2v) is 4.76. The Balaban J connectivity index is 2.45. The number of hydrogen-bond acceptors (Lipinski definition) is 1. The molecule has 2 aromatic carbocycles. The third-order valence-electron chi connectivity index (χ3n) is 3.38. The molecule has 0 heterocycles. The molecule has 0 aliphatic carbocycles. The molecule has 0 unspecified atom stereocenters. The highest BCUT2D eigenvalue weighted by Gasteiger charge is 2.02. The molecule has 0 saturated heterocycles. The van der Waals surface area contributed by atoms with Crippen LogP contribution < -0.4 is 0 Å². The van der Waals surface area contributed by atoms with Gasteiger partial charge in [0.15, 0.2) is 0 Å². The van der Waals surface area contributed by atoms with Crippen LogP contribution in [0.25, 0.3) is 11.1 Å². The van der Waals surface area contributed by atoms with Crippen molar-refractivity contribution in [3.63, 3.8) is 0 Å². The van der Waals surface area contributed by atoms with E-state index in [0.29, 0.717) is 0 Å². The van der Waals surface area contributed by atoms with Crippen molar-refractivity contribution in [2.45, 2.75) is 20.8 Å². The quantitative estimate of drug-likeness (QED) is 0.689. The number of aryl methyl sites for hydroxylation is 3. The molecule has 18 heavy (non-hydrogen) atoms. The van der Waals surface area contributed by atoms with Gasteiger partial charge in [0, 0.05) is 13.3 Å². The molecule has 0 aromatic heterocycles. The Morgan fingerprint density at radius 1 is 0.778 bits per heavy atom. The van der Waals surface area contributed by atoms with Crippen LogP contribution in [0.5, 0.6) is 0 Å². The van der Waals surface area contributed by atoms with E-state index >= 15 is 0 Å². The molecule has 1 nitrogen and oxygen atoms in total. The van der Waals surface area contributed by atoms with Crippen molar-refractivity contribution in [2.24, 2.45) is 4.99 Å². The van der Waals surface area contributed by atoms with Gasteiger partial charge in [0.2, 0.25) is 0 Å². The summed E-state index contributed by atoms with van der Waals surface area (Å²) in [5, 5.41) is 0. The SMILES string of the molecule is CN=Cc1ccc(-c2ccc(C)c(C)c2)cc1C. The minimum absolute atomic E-state index is 1.19. The van der Waals surface area contributed by atoms with Crippen molar-refractivity contribution < 1.29 is 0 Å². The summed E-state index contributed by atoms with van der Waals surface area (Å²) in [6, 6.07) is 13.1. The van der Waals surface area contributed by atoms with E-state index in [1.807, 2.05) is 6.21 Å². The predicted octanol–water partition coefficient (Wildman–Crippen LogP) is 4.33. The maximum absolute atomic E-state index is 4.07. The lowest BCUT2D eigenvalue weighted by Crippen LogP contribution is -1.89. The number of rotatable bonds is 2. The van der Waals surface area contributed by atoms with Gasteiger partial charge < -0.3 is 0 Å². The highest BCUT2D eigenvalue weighted by molar-refractivity contribution is 5.83. The van der Waals surface area contributed by atoms with Crippen LogP contribution in [0.4, 0.5) is 0 Å². The average Bonchev–Trinajstić information content (AvgIpc) is 2.35. The number of aliphatic imine (C=N–C) groups is 1. The predicted molar refractivity (Wildman–Crippen MR) is 79.6 cm³/mol. The second kappa shape index (κ2) is 5.18. The Morgan fingerprint density at radius 3 is 1.94 bits per heavy atom. The first kappa shape index (κ1) is 12.6. The maximum Gasteiger partial charge on any atom is 0.0284 e. The van der Waals surface area contributed by atoms with Crippen molar-refractivity contribution in [3.8, 4) is 11.1 Å². The van der Waals surface area contributed by atoms with E-state index in [2.05, 4.69) is 62.2 Å². The molecular formula is C17H19N. The highest BCUT2D eigenvalue weighted by atomic mass is 14.6. The molecule has 1 heteroatoms. The second-order valence-electron chi connectivity index (χ2n) is 4.76. The Bertz CT molecular complexity index is 595. The molecule has 0 aliphatic rings. The van der Waals surface area contributed by atoms with Crippen molar-refractivity contribution in [1.29, 1.82) is 0 Å². The van der Waals surface area contributed by atoms with Gasteiger partial charge in [-0.2, -0.15) is 0 Å². The zero-order chi connectivity index (χ0) is 13.1. The normalized spacial score (nSPS) is 11.1. The summed E-state index contributed by atoms with van der Waals surface area (Å²) < 4.78 is 0. The van der Waals surface area contributed by atoms with Gasteiger partial charge in [-0.15, -0.1) is 0 Å². The van der Waals surface area contributed by atoms with E-state index in [1.54, 1.807) is 7.05 Å². The summed E-state index contributed by atoms with van der Waals surface area (Å²) in [5.74, 6) is 0. The third kappa shape index (κ3) is 2.51. The molecule has 0 N–H and O–H groups in total. The van der Waals surface area contributed by atoms with E-state index in [-0.39, 0.29) is 0 Å². The first-order chi connectivity index (χ1) is 8.61. The summed E-state index contributed by atoms with van der Waals surface area (Å²) in [6.07, 6.45) is 1.90. The first-order valence-electron chi connectivity index (χ1n) is 6.22. The molecule has 92 valence electrons. The van der Waals surface area contributed by atoms with Gasteiger partial charge >= 0.3 is 0 Å². The third-order valence-corrected chi connectivity index (χ3v) is 3.38. The van der Waals surface area contributed by atoms with Crippen molar-refractivity contribution in [3.05, 3.63) is 58.7 Å². The molecule has 0 radical (unpaired) electrons. The molecule has 0 aliphatic heterocycles. The number of benzene rings is 2. The van der Waals surface area contributed by atoms with E-state index < -0.39 is 0 Å². The monoisotopic (exact) mass is 237 g/mol. The summed E-state index contributed by atoms with van der Waals surface area (Å²) in [7, 11) is 1.80. The van der Waals surface area contributed by atoms with Crippen LogP contribution in [-0.2, 0) is 0 Å². The molecule has 0 spiro atoms. The molecule has 0 saturated carbocycles. The minimum Gasteiger partial charge on any atom is -0.296 e. The fourth-order valence-corrected chi connectivity index (χ4v) is 2.06. The van der Waals surface area contributed by atoms with Crippen molar-refractivity contribution in [2.75, 3.05) is 7.05 Å². The summed E-state index contributed by atoms with van der Waals surface area (Å²) in [5.41, 5.74) is 7.67. The Hall–Kier alpha value is -1.89. The smallest absolute Gasteiger partial charge is 0.0284 e. The van der Waals surface area contributed by atoms with Gasteiger partial charge in [-0.25, -0.2) is 0 Å². The van der Waals surface area contributed by atoms with Crippen LogP contribution >= 0.6 is 0 Å². The molecule has 2 rings (SSSR count). The van der Waals surface area contributed by atoms with Gasteiger partial charge in [0.05, 0.1) is 0 Å². The molecule has 0 fully saturated rings.